The third kappa shape index (κ3) is 4.45. The first kappa shape index (κ1) is 14.0. The first-order valence-electron chi connectivity index (χ1n) is 5.25. The van der Waals surface area contributed by atoms with Gasteiger partial charge in [0, 0.05) is 20.2 Å². The summed E-state index contributed by atoms with van der Waals surface area (Å²) in [5, 5.41) is 9.50. The lowest BCUT2D eigenvalue weighted by Gasteiger charge is -2.25. The number of benzene rings is 1. The predicted octanol–water partition coefficient (Wildman–Crippen LogP) is 3.03. The highest BCUT2D eigenvalue weighted by molar-refractivity contribution is 9.10. The number of aliphatic hydroxyl groups is 1. The summed E-state index contributed by atoms with van der Waals surface area (Å²) < 4.78 is 1.11. The van der Waals surface area contributed by atoms with E-state index in [1.54, 1.807) is 11.8 Å². The van der Waals surface area contributed by atoms with Crippen LogP contribution in [0.3, 0.4) is 0 Å². The average molecular weight is 304 g/mol. The molecule has 2 nitrogen and oxygen atoms in total. The van der Waals surface area contributed by atoms with Crippen molar-refractivity contribution >= 4 is 27.7 Å². The van der Waals surface area contributed by atoms with Crippen LogP contribution in [0.1, 0.15) is 20.3 Å². The van der Waals surface area contributed by atoms with Crippen molar-refractivity contribution in [2.24, 2.45) is 5.73 Å². The van der Waals surface area contributed by atoms with Crippen molar-refractivity contribution in [2.75, 3.05) is 6.61 Å². The van der Waals surface area contributed by atoms with E-state index >= 15 is 0 Å². The van der Waals surface area contributed by atoms with Crippen molar-refractivity contribution in [3.8, 4) is 0 Å². The molecule has 0 aliphatic rings. The minimum absolute atomic E-state index is 0.0217. The molecule has 0 aliphatic heterocycles. The van der Waals surface area contributed by atoms with E-state index in [4.69, 9.17) is 10.8 Å². The van der Waals surface area contributed by atoms with Crippen LogP contribution in [0.15, 0.2) is 33.6 Å². The minimum atomic E-state index is -0.492. The molecule has 2 unspecified atom stereocenters. The van der Waals surface area contributed by atoms with Gasteiger partial charge in [-0.05, 0) is 41.4 Å². The number of nitrogens with two attached hydrogens (primary N) is 1. The smallest absolute Gasteiger partial charge is 0.0608 e. The topological polar surface area (TPSA) is 46.2 Å². The Balaban J connectivity index is 2.58. The number of rotatable bonds is 5. The van der Waals surface area contributed by atoms with Crippen LogP contribution in [0.5, 0.6) is 0 Å². The SMILES string of the molecule is CC(CC(C)(N)CO)Sc1ccccc1Br. The largest absolute Gasteiger partial charge is 0.394 e. The van der Waals surface area contributed by atoms with Crippen LogP contribution in [0.4, 0.5) is 0 Å². The lowest BCUT2D eigenvalue weighted by atomic mass is 9.99. The van der Waals surface area contributed by atoms with E-state index in [-0.39, 0.29) is 6.61 Å². The zero-order valence-electron chi connectivity index (χ0n) is 9.61. The van der Waals surface area contributed by atoms with Crippen molar-refractivity contribution < 1.29 is 5.11 Å². The number of halogens is 1. The third-order valence-electron chi connectivity index (χ3n) is 2.28. The summed E-state index contributed by atoms with van der Waals surface area (Å²) >= 11 is 5.29. The molecule has 0 heterocycles. The van der Waals surface area contributed by atoms with Gasteiger partial charge in [0.2, 0.25) is 0 Å². The molecular formula is C12H18BrNOS. The maximum atomic E-state index is 9.12. The van der Waals surface area contributed by atoms with Gasteiger partial charge in [-0.15, -0.1) is 11.8 Å². The Morgan fingerprint density at radius 1 is 1.50 bits per heavy atom. The van der Waals surface area contributed by atoms with Crippen LogP contribution in [0, 0.1) is 0 Å². The number of thioether (sulfide) groups is 1. The van der Waals surface area contributed by atoms with E-state index in [1.807, 2.05) is 25.1 Å². The normalized spacial score (nSPS) is 16.8. The molecule has 1 aromatic rings. The van der Waals surface area contributed by atoms with Crippen LogP contribution in [-0.4, -0.2) is 22.5 Å². The zero-order valence-corrected chi connectivity index (χ0v) is 12.0. The van der Waals surface area contributed by atoms with Gasteiger partial charge in [-0.25, -0.2) is 0 Å². The Morgan fingerprint density at radius 3 is 2.69 bits per heavy atom. The van der Waals surface area contributed by atoms with Gasteiger partial charge in [-0.3, -0.25) is 0 Å². The van der Waals surface area contributed by atoms with Crippen LogP contribution in [0.2, 0.25) is 0 Å². The molecule has 0 saturated heterocycles. The molecule has 4 heteroatoms. The number of aliphatic hydroxyl groups excluding tert-OH is 1. The quantitative estimate of drug-likeness (QED) is 0.822. The van der Waals surface area contributed by atoms with Gasteiger partial charge in [0.25, 0.3) is 0 Å². The molecule has 0 aliphatic carbocycles. The summed E-state index contributed by atoms with van der Waals surface area (Å²) in [4.78, 5) is 1.21. The molecule has 0 saturated carbocycles. The Kier molecular flexibility index (Phi) is 5.31. The van der Waals surface area contributed by atoms with Crippen molar-refractivity contribution in [1.29, 1.82) is 0 Å². The fourth-order valence-electron chi connectivity index (χ4n) is 1.52. The Labute approximate surface area is 110 Å². The highest BCUT2D eigenvalue weighted by atomic mass is 79.9. The molecule has 1 rings (SSSR count). The van der Waals surface area contributed by atoms with E-state index in [1.165, 1.54) is 4.90 Å². The molecule has 2 atom stereocenters. The van der Waals surface area contributed by atoms with Gasteiger partial charge >= 0.3 is 0 Å². The van der Waals surface area contributed by atoms with Crippen molar-refractivity contribution in [3.63, 3.8) is 0 Å². The van der Waals surface area contributed by atoms with Gasteiger partial charge < -0.3 is 10.8 Å². The van der Waals surface area contributed by atoms with Crippen molar-refractivity contribution in [2.45, 2.75) is 36.0 Å². The monoisotopic (exact) mass is 303 g/mol. The van der Waals surface area contributed by atoms with Crippen LogP contribution >= 0.6 is 27.7 Å². The summed E-state index contributed by atoms with van der Waals surface area (Å²) in [5.74, 6) is 0. The van der Waals surface area contributed by atoms with Gasteiger partial charge in [0.05, 0.1) is 6.61 Å². The Morgan fingerprint density at radius 2 is 2.12 bits per heavy atom. The Bertz CT molecular complexity index is 344. The van der Waals surface area contributed by atoms with Crippen LogP contribution in [-0.2, 0) is 0 Å². The molecule has 3 N–H and O–H groups in total. The average Bonchev–Trinajstić information content (AvgIpc) is 2.21. The summed E-state index contributed by atoms with van der Waals surface area (Å²) in [5.41, 5.74) is 5.44. The van der Waals surface area contributed by atoms with E-state index in [0.717, 1.165) is 10.9 Å². The first-order chi connectivity index (χ1) is 7.44. The summed E-state index contributed by atoms with van der Waals surface area (Å²) in [6.45, 7) is 4.03. The minimum Gasteiger partial charge on any atom is -0.394 e. The third-order valence-corrected chi connectivity index (χ3v) is 4.41. The maximum absolute atomic E-state index is 9.12. The maximum Gasteiger partial charge on any atom is 0.0608 e. The second-order valence-corrected chi connectivity index (χ2v) is 6.71. The van der Waals surface area contributed by atoms with E-state index in [0.29, 0.717) is 5.25 Å². The predicted molar refractivity (Wildman–Crippen MR) is 73.8 cm³/mol. The molecule has 0 aromatic heterocycles. The second-order valence-electron chi connectivity index (χ2n) is 4.38. The van der Waals surface area contributed by atoms with Gasteiger partial charge in [-0.2, -0.15) is 0 Å². The molecule has 0 radical (unpaired) electrons. The highest BCUT2D eigenvalue weighted by Gasteiger charge is 2.21. The van der Waals surface area contributed by atoms with Gasteiger partial charge in [0.15, 0.2) is 0 Å². The van der Waals surface area contributed by atoms with Crippen molar-refractivity contribution in [3.05, 3.63) is 28.7 Å². The second kappa shape index (κ2) is 6.05. The molecule has 0 spiro atoms. The zero-order chi connectivity index (χ0) is 12.2. The lowest BCUT2D eigenvalue weighted by molar-refractivity contribution is 0.201. The molecule has 1 aromatic carbocycles. The molecule has 0 amide bonds. The summed E-state index contributed by atoms with van der Waals surface area (Å²) in [6.07, 6.45) is 0.787. The highest BCUT2D eigenvalue weighted by Crippen LogP contribution is 2.32. The summed E-state index contributed by atoms with van der Waals surface area (Å²) in [6, 6.07) is 8.13. The molecule has 0 fully saturated rings. The first-order valence-corrected chi connectivity index (χ1v) is 6.93. The van der Waals surface area contributed by atoms with E-state index < -0.39 is 5.54 Å². The van der Waals surface area contributed by atoms with E-state index in [2.05, 4.69) is 28.9 Å². The number of hydrogen-bond donors (Lipinski definition) is 2. The fraction of sp³-hybridized carbons (Fsp3) is 0.500. The Hall–Kier alpha value is -0.0300. The molecular weight excluding hydrogens is 286 g/mol. The fourth-order valence-corrected chi connectivity index (χ4v) is 3.32. The number of hydrogen-bond acceptors (Lipinski definition) is 3. The van der Waals surface area contributed by atoms with Crippen LogP contribution < -0.4 is 5.73 Å². The van der Waals surface area contributed by atoms with Gasteiger partial charge in [-0.1, -0.05) is 19.1 Å². The van der Waals surface area contributed by atoms with Crippen molar-refractivity contribution in [1.82, 2.24) is 0 Å². The molecule has 90 valence electrons. The van der Waals surface area contributed by atoms with Gasteiger partial charge in [0.1, 0.15) is 0 Å². The standard InChI is InChI=1S/C12H18BrNOS/c1-9(7-12(2,14)8-15)16-11-6-4-3-5-10(11)13/h3-6,9,15H,7-8,14H2,1-2H3. The lowest BCUT2D eigenvalue weighted by Crippen LogP contribution is -2.42. The summed E-state index contributed by atoms with van der Waals surface area (Å²) in [7, 11) is 0. The molecule has 0 bridgehead atoms. The van der Waals surface area contributed by atoms with Crippen LogP contribution in [0.25, 0.3) is 0 Å². The van der Waals surface area contributed by atoms with E-state index in [9.17, 15) is 0 Å². The molecule has 16 heavy (non-hydrogen) atoms.